The first kappa shape index (κ1) is 15.7. The maximum atomic E-state index is 5.64. The first-order chi connectivity index (χ1) is 7.58. The predicted molar refractivity (Wildman–Crippen MR) is 71.5 cm³/mol. The van der Waals surface area contributed by atoms with Crippen molar-refractivity contribution in [1.82, 2.24) is 6.15 Å². The van der Waals surface area contributed by atoms with Crippen molar-refractivity contribution in [2.24, 2.45) is 5.73 Å². The highest BCUT2D eigenvalue weighted by molar-refractivity contribution is 5.58. The molecule has 0 aliphatic rings. The van der Waals surface area contributed by atoms with Crippen LogP contribution in [0.5, 0.6) is 11.5 Å². The zero-order chi connectivity index (χ0) is 12.3. The van der Waals surface area contributed by atoms with Crippen LogP contribution >= 0.6 is 0 Å². The van der Waals surface area contributed by atoms with E-state index in [2.05, 4.69) is 20.8 Å². The molecule has 4 nitrogen and oxygen atoms in total. The Morgan fingerprint density at radius 1 is 0.882 bits per heavy atom. The molecule has 0 saturated carbocycles. The van der Waals surface area contributed by atoms with Crippen molar-refractivity contribution in [2.75, 3.05) is 20.8 Å². The second kappa shape index (κ2) is 6.47. The molecule has 0 saturated heterocycles. The molecule has 5 N–H and O–H groups in total. The molecule has 0 fully saturated rings. The van der Waals surface area contributed by atoms with Gasteiger partial charge in [-0.3, -0.25) is 0 Å². The van der Waals surface area contributed by atoms with Crippen molar-refractivity contribution in [3.8, 4) is 11.5 Å². The molecule has 98 valence electrons. The number of hydrogen-bond acceptors (Lipinski definition) is 4. The molecule has 0 aliphatic heterocycles. The van der Waals surface area contributed by atoms with Crippen LogP contribution in [-0.2, 0) is 6.42 Å². The Balaban J connectivity index is 0.00000256. The summed E-state index contributed by atoms with van der Waals surface area (Å²) >= 11 is 0. The van der Waals surface area contributed by atoms with E-state index in [-0.39, 0.29) is 6.15 Å². The Kier molecular flexibility index (Phi) is 5.99. The summed E-state index contributed by atoms with van der Waals surface area (Å²) in [6.07, 6.45) is 0.812. The van der Waals surface area contributed by atoms with Gasteiger partial charge < -0.3 is 21.4 Å². The van der Waals surface area contributed by atoms with E-state index in [1.807, 2.05) is 0 Å². The lowest BCUT2D eigenvalue weighted by Crippen LogP contribution is -2.09. The molecule has 0 heterocycles. The second-order valence-electron chi connectivity index (χ2n) is 3.96. The van der Waals surface area contributed by atoms with Crippen LogP contribution < -0.4 is 21.4 Å². The molecular weight excluding hydrogens is 216 g/mol. The van der Waals surface area contributed by atoms with Crippen LogP contribution in [0.25, 0.3) is 0 Å². The fraction of sp³-hybridized carbons (Fsp3) is 0.538. The van der Waals surface area contributed by atoms with Gasteiger partial charge in [0.05, 0.1) is 14.2 Å². The largest absolute Gasteiger partial charge is 0.496 e. The molecule has 0 aromatic heterocycles. The molecule has 4 heteroatoms. The number of rotatable bonds is 4. The topological polar surface area (TPSA) is 79.5 Å². The summed E-state index contributed by atoms with van der Waals surface area (Å²) in [6, 6.07) is 0. The third kappa shape index (κ3) is 2.70. The SMILES string of the molecule is COc1c(C)c(C)c(OC)c(CCN)c1C.N. The maximum absolute atomic E-state index is 5.64. The van der Waals surface area contributed by atoms with Crippen molar-refractivity contribution in [2.45, 2.75) is 27.2 Å². The van der Waals surface area contributed by atoms with E-state index in [4.69, 9.17) is 15.2 Å². The molecule has 0 unspecified atom stereocenters. The van der Waals surface area contributed by atoms with Crippen molar-refractivity contribution in [1.29, 1.82) is 0 Å². The van der Waals surface area contributed by atoms with Crippen LogP contribution in [-0.4, -0.2) is 20.8 Å². The lowest BCUT2D eigenvalue weighted by atomic mass is 9.95. The highest BCUT2D eigenvalue weighted by atomic mass is 16.5. The van der Waals surface area contributed by atoms with E-state index >= 15 is 0 Å². The summed E-state index contributed by atoms with van der Waals surface area (Å²) in [7, 11) is 3.40. The van der Waals surface area contributed by atoms with Crippen molar-refractivity contribution >= 4 is 0 Å². The van der Waals surface area contributed by atoms with Gasteiger partial charge in [-0.15, -0.1) is 0 Å². The quantitative estimate of drug-likeness (QED) is 0.846. The van der Waals surface area contributed by atoms with Gasteiger partial charge in [0.1, 0.15) is 11.5 Å². The normalized spacial score (nSPS) is 9.76. The van der Waals surface area contributed by atoms with Gasteiger partial charge in [0.2, 0.25) is 0 Å². The summed E-state index contributed by atoms with van der Waals surface area (Å²) < 4.78 is 10.9. The highest BCUT2D eigenvalue weighted by Gasteiger charge is 2.17. The Bertz CT molecular complexity index is 390. The van der Waals surface area contributed by atoms with Gasteiger partial charge >= 0.3 is 0 Å². The fourth-order valence-corrected chi connectivity index (χ4v) is 2.18. The third-order valence-electron chi connectivity index (χ3n) is 3.11. The Morgan fingerprint density at radius 3 is 1.76 bits per heavy atom. The molecule has 0 atom stereocenters. The van der Waals surface area contributed by atoms with E-state index in [9.17, 15) is 0 Å². The molecule has 17 heavy (non-hydrogen) atoms. The molecule has 1 aromatic rings. The van der Waals surface area contributed by atoms with Crippen LogP contribution in [0.2, 0.25) is 0 Å². The van der Waals surface area contributed by atoms with E-state index < -0.39 is 0 Å². The van der Waals surface area contributed by atoms with Crippen molar-refractivity contribution in [3.05, 3.63) is 22.3 Å². The Hall–Kier alpha value is -1.26. The van der Waals surface area contributed by atoms with Gasteiger partial charge in [-0.1, -0.05) is 0 Å². The second-order valence-corrected chi connectivity index (χ2v) is 3.96. The summed E-state index contributed by atoms with van der Waals surface area (Å²) in [4.78, 5) is 0. The summed E-state index contributed by atoms with van der Waals surface area (Å²) in [5.41, 5.74) is 10.2. The number of benzene rings is 1. The van der Waals surface area contributed by atoms with Gasteiger partial charge in [-0.25, -0.2) is 0 Å². The number of ether oxygens (including phenoxy) is 2. The average molecular weight is 240 g/mol. The van der Waals surface area contributed by atoms with Crippen LogP contribution in [0.3, 0.4) is 0 Å². The smallest absolute Gasteiger partial charge is 0.125 e. The molecule has 0 aliphatic carbocycles. The maximum Gasteiger partial charge on any atom is 0.125 e. The summed E-state index contributed by atoms with van der Waals surface area (Å²) in [5, 5.41) is 0. The lowest BCUT2D eigenvalue weighted by molar-refractivity contribution is 0.391. The molecule has 1 aromatic carbocycles. The number of methoxy groups -OCH3 is 2. The fourth-order valence-electron chi connectivity index (χ4n) is 2.18. The first-order valence-corrected chi connectivity index (χ1v) is 5.49. The van der Waals surface area contributed by atoms with Crippen LogP contribution in [0, 0.1) is 20.8 Å². The van der Waals surface area contributed by atoms with Gasteiger partial charge in [-0.2, -0.15) is 0 Å². The van der Waals surface area contributed by atoms with Crippen LogP contribution in [0.15, 0.2) is 0 Å². The zero-order valence-corrected chi connectivity index (χ0v) is 11.5. The van der Waals surface area contributed by atoms with Crippen LogP contribution in [0.4, 0.5) is 0 Å². The Morgan fingerprint density at radius 2 is 1.35 bits per heavy atom. The van der Waals surface area contributed by atoms with Gasteiger partial charge in [0.15, 0.2) is 0 Å². The first-order valence-electron chi connectivity index (χ1n) is 5.49. The minimum Gasteiger partial charge on any atom is -0.496 e. The van der Waals surface area contributed by atoms with E-state index in [0.29, 0.717) is 6.54 Å². The molecule has 1 rings (SSSR count). The molecule has 0 amide bonds. The summed E-state index contributed by atoms with van der Waals surface area (Å²) in [5.74, 6) is 1.89. The van der Waals surface area contributed by atoms with Crippen molar-refractivity contribution in [3.63, 3.8) is 0 Å². The van der Waals surface area contributed by atoms with Crippen molar-refractivity contribution < 1.29 is 9.47 Å². The summed E-state index contributed by atoms with van der Waals surface area (Å²) in [6.45, 7) is 6.77. The standard InChI is InChI=1S/C13H21NO2.H3N/c1-8-9(2)13(16-5)11(6-7-14)10(3)12(8)15-4;/h6-7,14H2,1-5H3;1H3. The van der Waals surface area contributed by atoms with E-state index in [0.717, 1.165) is 40.2 Å². The Labute approximate surface area is 104 Å². The van der Waals surface area contributed by atoms with Gasteiger partial charge in [0.25, 0.3) is 0 Å². The molecular formula is C13H24N2O2. The average Bonchev–Trinajstić information content (AvgIpc) is 2.27. The van der Waals surface area contributed by atoms with E-state index in [1.54, 1.807) is 14.2 Å². The van der Waals surface area contributed by atoms with E-state index in [1.165, 1.54) is 0 Å². The van der Waals surface area contributed by atoms with Gasteiger partial charge in [-0.05, 0) is 50.4 Å². The predicted octanol–water partition coefficient (Wildman–Crippen LogP) is 2.29. The van der Waals surface area contributed by atoms with Gasteiger partial charge in [0, 0.05) is 5.56 Å². The highest BCUT2D eigenvalue weighted by Crippen LogP contribution is 2.37. The number of hydrogen-bond donors (Lipinski definition) is 2. The molecule has 0 radical (unpaired) electrons. The zero-order valence-electron chi connectivity index (χ0n) is 11.5. The molecule has 0 bridgehead atoms. The van der Waals surface area contributed by atoms with Crippen LogP contribution in [0.1, 0.15) is 22.3 Å². The number of nitrogens with two attached hydrogens (primary N) is 1. The minimum atomic E-state index is 0. The molecule has 0 spiro atoms. The third-order valence-corrected chi connectivity index (χ3v) is 3.11. The minimum absolute atomic E-state index is 0. The monoisotopic (exact) mass is 240 g/mol. The lowest BCUT2D eigenvalue weighted by Gasteiger charge is -2.20.